The van der Waals surface area contributed by atoms with Crippen LogP contribution in [-0.2, 0) is 0 Å². The molecule has 0 aliphatic carbocycles. The highest BCUT2D eigenvalue weighted by molar-refractivity contribution is 6.34. The molecule has 2 nitrogen and oxygen atoms in total. The van der Waals surface area contributed by atoms with Crippen LogP contribution in [0.1, 0.15) is 32.4 Å². The highest BCUT2D eigenvalue weighted by Crippen LogP contribution is 2.39. The molecule has 1 heterocycles. The molecule has 1 saturated heterocycles. The fraction of sp³-hybridized carbons (Fsp3) is 0.600. The molecular weight excluding hydrogens is 279 g/mol. The second-order valence-corrected chi connectivity index (χ2v) is 7.13. The number of piperazine rings is 1. The van der Waals surface area contributed by atoms with Gasteiger partial charge in [0, 0.05) is 42.3 Å². The summed E-state index contributed by atoms with van der Waals surface area (Å²) in [5.74, 6) is 0. The largest absolute Gasteiger partial charge is 0.314 e. The molecule has 1 aromatic rings. The van der Waals surface area contributed by atoms with Crippen molar-refractivity contribution in [3.63, 3.8) is 0 Å². The summed E-state index contributed by atoms with van der Waals surface area (Å²) in [5.41, 5.74) is 1.36. The zero-order valence-electron chi connectivity index (χ0n) is 11.8. The Morgan fingerprint density at radius 2 is 1.58 bits per heavy atom. The van der Waals surface area contributed by atoms with Gasteiger partial charge in [0.1, 0.15) is 0 Å². The lowest BCUT2D eigenvalue weighted by Gasteiger charge is -2.42. The Morgan fingerprint density at radius 1 is 1.05 bits per heavy atom. The van der Waals surface area contributed by atoms with Gasteiger partial charge in [0.05, 0.1) is 0 Å². The molecular formula is C15H22Cl2N2. The van der Waals surface area contributed by atoms with Crippen molar-refractivity contribution in [3.05, 3.63) is 33.8 Å². The van der Waals surface area contributed by atoms with Crippen molar-refractivity contribution in [2.75, 3.05) is 26.2 Å². The van der Waals surface area contributed by atoms with E-state index in [1.165, 1.54) is 5.56 Å². The number of nitrogens with one attached hydrogen (secondary N) is 1. The van der Waals surface area contributed by atoms with Crippen LogP contribution in [-0.4, -0.2) is 31.1 Å². The maximum absolute atomic E-state index is 6.17. The van der Waals surface area contributed by atoms with Gasteiger partial charge >= 0.3 is 0 Å². The highest BCUT2D eigenvalue weighted by Gasteiger charge is 2.32. The Balaban J connectivity index is 2.36. The standard InChI is InChI=1S/C15H22Cl2N2/c1-15(2,3)14(19-6-4-18-5-7-19)11-8-12(16)10-13(17)9-11/h8-10,14,18H,4-7H2,1-3H3/t14-/m1/s1. The molecule has 0 aromatic heterocycles. The third kappa shape index (κ3) is 3.85. The fourth-order valence-electron chi connectivity index (χ4n) is 2.93. The normalized spacial score (nSPS) is 19.4. The Morgan fingerprint density at radius 3 is 2.05 bits per heavy atom. The molecule has 106 valence electrons. The van der Waals surface area contributed by atoms with Gasteiger partial charge in [-0.15, -0.1) is 0 Å². The summed E-state index contributed by atoms with van der Waals surface area (Å²) in [6, 6.07) is 6.23. The second-order valence-electron chi connectivity index (χ2n) is 6.26. The summed E-state index contributed by atoms with van der Waals surface area (Å²) in [5, 5.41) is 4.83. The van der Waals surface area contributed by atoms with Gasteiger partial charge in [-0.25, -0.2) is 0 Å². The highest BCUT2D eigenvalue weighted by atomic mass is 35.5. The van der Waals surface area contributed by atoms with Gasteiger partial charge in [0.15, 0.2) is 0 Å². The molecule has 0 bridgehead atoms. The molecule has 0 saturated carbocycles. The summed E-state index contributed by atoms with van der Waals surface area (Å²) in [7, 11) is 0. The Labute approximate surface area is 126 Å². The van der Waals surface area contributed by atoms with Gasteiger partial charge in [-0.3, -0.25) is 4.90 Å². The third-order valence-corrected chi connectivity index (χ3v) is 3.97. The first-order valence-electron chi connectivity index (χ1n) is 6.79. The van der Waals surface area contributed by atoms with E-state index in [2.05, 4.69) is 31.0 Å². The molecule has 1 aliphatic heterocycles. The van der Waals surface area contributed by atoms with Gasteiger partial charge in [0.25, 0.3) is 0 Å². The lowest BCUT2D eigenvalue weighted by Crippen LogP contribution is -2.48. The van der Waals surface area contributed by atoms with Crippen molar-refractivity contribution in [2.45, 2.75) is 26.8 Å². The van der Waals surface area contributed by atoms with Crippen LogP contribution in [0.4, 0.5) is 0 Å². The van der Waals surface area contributed by atoms with E-state index in [0.717, 1.165) is 26.2 Å². The maximum atomic E-state index is 6.17. The molecule has 0 amide bonds. The molecule has 0 unspecified atom stereocenters. The number of rotatable bonds is 2. The van der Waals surface area contributed by atoms with E-state index in [1.54, 1.807) is 6.07 Å². The molecule has 4 heteroatoms. The van der Waals surface area contributed by atoms with Crippen molar-refractivity contribution in [3.8, 4) is 0 Å². The van der Waals surface area contributed by atoms with Crippen LogP contribution in [0.2, 0.25) is 10.0 Å². The Kier molecular flexibility index (Phi) is 4.78. The zero-order chi connectivity index (χ0) is 14.0. The fourth-order valence-corrected chi connectivity index (χ4v) is 3.47. The third-order valence-electron chi connectivity index (χ3n) is 3.54. The quantitative estimate of drug-likeness (QED) is 0.888. The van der Waals surface area contributed by atoms with Gasteiger partial charge < -0.3 is 5.32 Å². The van der Waals surface area contributed by atoms with Crippen LogP contribution in [0.3, 0.4) is 0 Å². The number of hydrogen-bond acceptors (Lipinski definition) is 2. The minimum absolute atomic E-state index is 0.144. The predicted octanol–water partition coefficient (Wildman–Crippen LogP) is 3.99. The maximum Gasteiger partial charge on any atom is 0.0424 e. The molecule has 0 spiro atoms. The number of halogens is 2. The number of hydrogen-bond donors (Lipinski definition) is 1. The van der Waals surface area contributed by atoms with Gasteiger partial charge in [0.2, 0.25) is 0 Å². The lowest BCUT2D eigenvalue weighted by atomic mass is 9.81. The van der Waals surface area contributed by atoms with Crippen molar-refractivity contribution in [1.82, 2.24) is 10.2 Å². The summed E-state index contributed by atoms with van der Waals surface area (Å²) < 4.78 is 0. The Bertz CT molecular complexity index is 414. The lowest BCUT2D eigenvalue weighted by molar-refractivity contribution is 0.0862. The molecule has 1 fully saturated rings. The molecule has 1 aliphatic rings. The van der Waals surface area contributed by atoms with E-state index in [4.69, 9.17) is 23.2 Å². The topological polar surface area (TPSA) is 15.3 Å². The number of benzene rings is 1. The van der Waals surface area contributed by atoms with Crippen LogP contribution in [0.5, 0.6) is 0 Å². The molecule has 19 heavy (non-hydrogen) atoms. The molecule has 0 radical (unpaired) electrons. The minimum Gasteiger partial charge on any atom is -0.314 e. The summed E-state index contributed by atoms with van der Waals surface area (Å²) in [4.78, 5) is 2.53. The smallest absolute Gasteiger partial charge is 0.0424 e. The SMILES string of the molecule is CC(C)(C)[C@@H](c1cc(Cl)cc(Cl)c1)N1CCNCC1. The first-order valence-corrected chi connectivity index (χ1v) is 7.54. The van der Waals surface area contributed by atoms with E-state index in [1.807, 2.05) is 12.1 Å². The van der Waals surface area contributed by atoms with Crippen molar-refractivity contribution < 1.29 is 0 Å². The molecule has 2 rings (SSSR count). The Hall–Kier alpha value is -0.280. The summed E-state index contributed by atoms with van der Waals surface area (Å²) in [6.07, 6.45) is 0. The van der Waals surface area contributed by atoms with Crippen molar-refractivity contribution in [1.29, 1.82) is 0 Å². The van der Waals surface area contributed by atoms with Gasteiger partial charge in [-0.05, 0) is 29.2 Å². The minimum atomic E-state index is 0.144. The molecule has 1 atom stereocenters. The summed E-state index contributed by atoms with van der Waals surface area (Å²) >= 11 is 12.3. The van der Waals surface area contributed by atoms with Crippen molar-refractivity contribution in [2.24, 2.45) is 5.41 Å². The molecule has 1 N–H and O–H groups in total. The van der Waals surface area contributed by atoms with Crippen LogP contribution in [0.25, 0.3) is 0 Å². The van der Waals surface area contributed by atoms with Crippen molar-refractivity contribution >= 4 is 23.2 Å². The van der Waals surface area contributed by atoms with E-state index < -0.39 is 0 Å². The second kappa shape index (κ2) is 6.01. The van der Waals surface area contributed by atoms with Crippen LogP contribution in [0.15, 0.2) is 18.2 Å². The molecule has 1 aromatic carbocycles. The monoisotopic (exact) mass is 300 g/mol. The van der Waals surface area contributed by atoms with E-state index in [0.29, 0.717) is 16.1 Å². The van der Waals surface area contributed by atoms with E-state index >= 15 is 0 Å². The first-order chi connectivity index (χ1) is 8.88. The zero-order valence-corrected chi connectivity index (χ0v) is 13.4. The van der Waals surface area contributed by atoms with Crippen LogP contribution in [0, 0.1) is 5.41 Å². The average molecular weight is 301 g/mol. The van der Waals surface area contributed by atoms with Gasteiger partial charge in [-0.1, -0.05) is 44.0 Å². The predicted molar refractivity (Wildman–Crippen MR) is 83.1 cm³/mol. The average Bonchev–Trinajstić information content (AvgIpc) is 2.27. The van der Waals surface area contributed by atoms with E-state index in [-0.39, 0.29) is 5.41 Å². The summed E-state index contributed by atoms with van der Waals surface area (Å²) in [6.45, 7) is 11.0. The van der Waals surface area contributed by atoms with Gasteiger partial charge in [-0.2, -0.15) is 0 Å². The van der Waals surface area contributed by atoms with E-state index in [9.17, 15) is 0 Å². The van der Waals surface area contributed by atoms with Crippen LogP contribution < -0.4 is 5.32 Å². The number of nitrogens with zero attached hydrogens (tertiary/aromatic N) is 1. The first kappa shape index (κ1) is 15.1. The van der Waals surface area contributed by atoms with Crippen LogP contribution >= 0.6 is 23.2 Å².